The van der Waals surface area contributed by atoms with Gasteiger partial charge in [-0.05, 0) is 18.7 Å². The number of thiazole rings is 1. The first kappa shape index (κ1) is 20.7. The van der Waals surface area contributed by atoms with Crippen LogP contribution in [0.5, 0.6) is 23.1 Å². The van der Waals surface area contributed by atoms with Crippen molar-refractivity contribution >= 4 is 16.3 Å². The highest BCUT2D eigenvalue weighted by Gasteiger charge is 2.34. The highest BCUT2D eigenvalue weighted by molar-refractivity contribution is 7.17. The number of piperazine rings is 1. The van der Waals surface area contributed by atoms with Crippen LogP contribution in [0, 0.1) is 0 Å². The van der Waals surface area contributed by atoms with E-state index in [1.54, 1.807) is 21.3 Å². The van der Waals surface area contributed by atoms with Gasteiger partial charge in [-0.3, -0.25) is 4.90 Å². The van der Waals surface area contributed by atoms with Crippen LogP contribution in [0.15, 0.2) is 18.5 Å². The van der Waals surface area contributed by atoms with Crippen molar-refractivity contribution < 1.29 is 19.3 Å². The maximum Gasteiger partial charge on any atom is 0.230 e. The normalized spacial score (nSPS) is 16.7. The smallest absolute Gasteiger partial charge is 0.230 e. The molecule has 10 heteroatoms. The second-order valence-electron chi connectivity index (χ2n) is 7.04. The largest absolute Gasteiger partial charge is 0.493 e. The van der Waals surface area contributed by atoms with Crippen molar-refractivity contribution in [1.29, 1.82) is 0 Å². The standard InChI is InChI=1S/C20H27N5O4S/c1-5-23-8-10-24(11-9-23)15(18-19(26)25-20(30-18)21-12-22-25)13-6-7-14(27-2)17(29-4)16(13)28-3/h6-7,12,15,26H,5,8-11H2,1-4H3/t15-/m1/s1. The van der Waals surface area contributed by atoms with Crippen LogP contribution < -0.4 is 14.2 Å². The number of fused-ring (bicyclic) bond motifs is 1. The lowest BCUT2D eigenvalue weighted by Gasteiger charge is -2.39. The van der Waals surface area contributed by atoms with Crippen LogP contribution in [0.25, 0.3) is 4.96 Å². The van der Waals surface area contributed by atoms with Crippen LogP contribution in [0.4, 0.5) is 0 Å². The van der Waals surface area contributed by atoms with Gasteiger partial charge in [0.1, 0.15) is 6.33 Å². The zero-order valence-electron chi connectivity index (χ0n) is 17.7. The van der Waals surface area contributed by atoms with Gasteiger partial charge in [-0.25, -0.2) is 4.98 Å². The minimum absolute atomic E-state index is 0.104. The van der Waals surface area contributed by atoms with Crippen molar-refractivity contribution in [3.63, 3.8) is 0 Å². The molecule has 1 saturated heterocycles. The highest BCUT2D eigenvalue weighted by atomic mass is 32.1. The number of benzene rings is 1. The predicted molar refractivity (Wildman–Crippen MR) is 114 cm³/mol. The SMILES string of the molecule is CCN1CCN([C@H](c2ccc(OC)c(OC)c2OC)c2sc3ncnn3c2O)CC1. The molecule has 1 aliphatic rings. The molecule has 3 heterocycles. The zero-order valence-corrected chi connectivity index (χ0v) is 18.5. The summed E-state index contributed by atoms with van der Waals surface area (Å²) in [5.41, 5.74) is 0.903. The zero-order chi connectivity index (χ0) is 21.3. The summed E-state index contributed by atoms with van der Waals surface area (Å²) in [6, 6.07) is 3.62. The molecule has 0 bridgehead atoms. The Labute approximate surface area is 179 Å². The summed E-state index contributed by atoms with van der Waals surface area (Å²) in [5, 5.41) is 15.1. The van der Waals surface area contributed by atoms with Gasteiger partial charge in [-0.1, -0.05) is 18.3 Å². The Morgan fingerprint density at radius 2 is 1.80 bits per heavy atom. The van der Waals surface area contributed by atoms with E-state index in [2.05, 4.69) is 26.8 Å². The topological polar surface area (TPSA) is 84.6 Å². The quantitative estimate of drug-likeness (QED) is 0.607. The van der Waals surface area contributed by atoms with Crippen LogP contribution in [0.1, 0.15) is 23.4 Å². The van der Waals surface area contributed by atoms with Crippen LogP contribution in [-0.4, -0.2) is 83.6 Å². The molecule has 0 saturated carbocycles. The summed E-state index contributed by atoms with van der Waals surface area (Å²) in [5.74, 6) is 1.83. The number of hydrogen-bond donors (Lipinski definition) is 1. The fraction of sp³-hybridized carbons (Fsp3) is 0.500. The Balaban J connectivity index is 1.86. The van der Waals surface area contributed by atoms with E-state index < -0.39 is 0 Å². The summed E-state index contributed by atoms with van der Waals surface area (Å²) >= 11 is 1.43. The average Bonchev–Trinajstić information content (AvgIpc) is 3.37. The summed E-state index contributed by atoms with van der Waals surface area (Å²) in [7, 11) is 4.82. The van der Waals surface area contributed by atoms with Crippen LogP contribution in [0.2, 0.25) is 0 Å². The number of aromatic nitrogens is 3. The van der Waals surface area contributed by atoms with E-state index in [4.69, 9.17) is 14.2 Å². The molecule has 0 spiro atoms. The summed E-state index contributed by atoms with van der Waals surface area (Å²) < 4.78 is 18.3. The van der Waals surface area contributed by atoms with Gasteiger partial charge in [0.05, 0.1) is 32.2 Å². The van der Waals surface area contributed by atoms with E-state index in [-0.39, 0.29) is 11.9 Å². The third kappa shape index (κ3) is 3.44. The van der Waals surface area contributed by atoms with Crippen molar-refractivity contribution in [3.05, 3.63) is 28.9 Å². The second kappa shape index (κ2) is 8.66. The minimum atomic E-state index is -0.229. The van der Waals surface area contributed by atoms with E-state index in [0.717, 1.165) is 43.2 Å². The molecule has 0 unspecified atom stereocenters. The molecule has 162 valence electrons. The monoisotopic (exact) mass is 433 g/mol. The van der Waals surface area contributed by atoms with Crippen molar-refractivity contribution in [2.75, 3.05) is 54.1 Å². The fourth-order valence-electron chi connectivity index (χ4n) is 4.05. The Morgan fingerprint density at radius 1 is 1.07 bits per heavy atom. The van der Waals surface area contributed by atoms with E-state index in [1.165, 1.54) is 22.2 Å². The van der Waals surface area contributed by atoms with E-state index in [1.807, 2.05) is 12.1 Å². The number of ether oxygens (including phenoxy) is 3. The lowest BCUT2D eigenvalue weighted by atomic mass is 10.0. The molecule has 1 fully saturated rings. The first-order valence-electron chi connectivity index (χ1n) is 9.89. The lowest BCUT2D eigenvalue weighted by Crippen LogP contribution is -2.47. The highest BCUT2D eigenvalue weighted by Crippen LogP contribution is 2.48. The number of rotatable bonds is 7. The van der Waals surface area contributed by atoms with Gasteiger partial charge < -0.3 is 24.2 Å². The fourth-order valence-corrected chi connectivity index (χ4v) is 5.14. The number of aromatic hydroxyl groups is 1. The third-order valence-corrected chi connectivity index (χ3v) is 6.72. The maximum atomic E-state index is 11.0. The van der Waals surface area contributed by atoms with Crippen molar-refractivity contribution in [1.82, 2.24) is 24.4 Å². The van der Waals surface area contributed by atoms with Gasteiger partial charge in [0.25, 0.3) is 0 Å². The van der Waals surface area contributed by atoms with Gasteiger partial charge in [0.2, 0.25) is 16.6 Å². The lowest BCUT2D eigenvalue weighted by molar-refractivity contribution is 0.112. The minimum Gasteiger partial charge on any atom is -0.493 e. The van der Waals surface area contributed by atoms with Gasteiger partial charge >= 0.3 is 0 Å². The Hall–Kier alpha value is -2.56. The maximum absolute atomic E-state index is 11.0. The number of methoxy groups -OCH3 is 3. The molecular weight excluding hydrogens is 406 g/mol. The van der Waals surface area contributed by atoms with Gasteiger partial charge in [-0.15, -0.1) is 0 Å². The molecule has 1 atom stereocenters. The molecule has 30 heavy (non-hydrogen) atoms. The number of likely N-dealkylation sites (N-methyl/N-ethyl adjacent to an activating group) is 1. The molecule has 1 aliphatic heterocycles. The molecule has 2 aromatic heterocycles. The number of nitrogens with zero attached hydrogens (tertiary/aromatic N) is 5. The molecule has 0 radical (unpaired) electrons. The molecule has 1 N–H and O–H groups in total. The van der Waals surface area contributed by atoms with Crippen LogP contribution >= 0.6 is 11.3 Å². The van der Waals surface area contributed by atoms with Crippen LogP contribution in [0.3, 0.4) is 0 Å². The Morgan fingerprint density at radius 3 is 2.40 bits per heavy atom. The molecule has 9 nitrogen and oxygen atoms in total. The van der Waals surface area contributed by atoms with E-state index in [9.17, 15) is 5.11 Å². The van der Waals surface area contributed by atoms with Crippen molar-refractivity contribution in [2.45, 2.75) is 13.0 Å². The molecule has 1 aromatic carbocycles. The summed E-state index contributed by atoms with van der Waals surface area (Å²) in [4.78, 5) is 10.5. The number of hydrogen-bond acceptors (Lipinski definition) is 9. The van der Waals surface area contributed by atoms with Gasteiger partial charge in [0.15, 0.2) is 11.5 Å². The molecule has 0 amide bonds. The Kier molecular flexibility index (Phi) is 5.98. The van der Waals surface area contributed by atoms with Crippen molar-refractivity contribution in [2.24, 2.45) is 0 Å². The van der Waals surface area contributed by atoms with Gasteiger partial charge in [0, 0.05) is 31.7 Å². The predicted octanol–water partition coefficient (Wildman–Crippen LogP) is 2.25. The van der Waals surface area contributed by atoms with Crippen LogP contribution in [-0.2, 0) is 0 Å². The molecule has 4 rings (SSSR count). The first-order chi connectivity index (χ1) is 14.6. The molecule has 0 aliphatic carbocycles. The summed E-state index contributed by atoms with van der Waals surface area (Å²) in [6.45, 7) is 6.86. The first-order valence-corrected chi connectivity index (χ1v) is 10.7. The third-order valence-electron chi connectivity index (χ3n) is 5.64. The van der Waals surface area contributed by atoms with Crippen molar-refractivity contribution in [3.8, 4) is 23.1 Å². The second-order valence-corrected chi connectivity index (χ2v) is 8.05. The van der Waals surface area contributed by atoms with E-state index in [0.29, 0.717) is 22.2 Å². The summed E-state index contributed by atoms with van der Waals surface area (Å²) in [6.07, 6.45) is 1.45. The van der Waals surface area contributed by atoms with Gasteiger partial charge in [-0.2, -0.15) is 9.61 Å². The Bertz CT molecular complexity index is 1010. The van der Waals surface area contributed by atoms with E-state index >= 15 is 0 Å². The molecular formula is C20H27N5O4S. The molecule has 3 aromatic rings. The average molecular weight is 434 g/mol.